The lowest BCUT2D eigenvalue weighted by molar-refractivity contribution is 0.0999. The molecule has 0 saturated heterocycles. The van der Waals surface area contributed by atoms with Crippen molar-refractivity contribution in [3.05, 3.63) is 53.5 Å². The molecule has 0 spiro atoms. The Hall–Kier alpha value is -2.36. The van der Waals surface area contributed by atoms with Crippen molar-refractivity contribution in [1.82, 2.24) is 9.97 Å². The molecule has 0 aliphatic carbocycles. The smallest absolute Gasteiger partial charge is 0.172 e. The van der Waals surface area contributed by atoms with E-state index < -0.39 is 0 Å². The summed E-state index contributed by atoms with van der Waals surface area (Å²) in [6.45, 7) is 1.89. The first kappa shape index (κ1) is 10.8. The molecule has 0 atom stereocenters. The van der Waals surface area contributed by atoms with Crippen molar-refractivity contribution in [3.63, 3.8) is 0 Å². The second kappa shape index (κ2) is 4.14. The van der Waals surface area contributed by atoms with Crippen LogP contribution in [0.25, 0.3) is 0 Å². The van der Waals surface area contributed by atoms with Gasteiger partial charge in [-0.1, -0.05) is 0 Å². The topological polar surface area (TPSA) is 55.2 Å². The molecule has 18 heavy (non-hydrogen) atoms. The number of ketones is 1. The third-order valence-corrected chi connectivity index (χ3v) is 2.90. The summed E-state index contributed by atoms with van der Waals surface area (Å²) < 4.78 is 0. The van der Waals surface area contributed by atoms with E-state index in [0.29, 0.717) is 17.8 Å². The quantitative estimate of drug-likeness (QED) is 0.765. The maximum absolute atomic E-state index is 12.0. The van der Waals surface area contributed by atoms with Gasteiger partial charge in [-0.2, -0.15) is 0 Å². The molecule has 1 aliphatic heterocycles. The number of fused-ring (bicyclic) bond motifs is 1. The maximum atomic E-state index is 12.0. The van der Waals surface area contributed by atoms with Crippen molar-refractivity contribution in [2.45, 2.75) is 13.3 Å². The van der Waals surface area contributed by atoms with E-state index in [9.17, 15) is 4.79 Å². The maximum Gasteiger partial charge on any atom is 0.172 e. The first-order valence-electron chi connectivity index (χ1n) is 5.73. The third kappa shape index (κ3) is 1.82. The molecule has 1 aliphatic rings. The zero-order valence-corrected chi connectivity index (χ0v) is 9.92. The third-order valence-electron chi connectivity index (χ3n) is 2.90. The van der Waals surface area contributed by atoms with Gasteiger partial charge in [0, 0.05) is 18.1 Å². The zero-order chi connectivity index (χ0) is 12.5. The summed E-state index contributed by atoms with van der Waals surface area (Å²) in [6.07, 6.45) is 3.71. The first-order chi connectivity index (χ1) is 8.74. The Balaban J connectivity index is 2.13. The van der Waals surface area contributed by atoms with Crippen LogP contribution in [-0.2, 0) is 0 Å². The fourth-order valence-corrected chi connectivity index (χ4v) is 1.97. The summed E-state index contributed by atoms with van der Waals surface area (Å²) in [5.41, 5.74) is 3.15. The van der Waals surface area contributed by atoms with E-state index in [-0.39, 0.29) is 5.78 Å². The number of Topliss-reactive ketones (excluding diaryl/α,β-unsaturated/α-hetero) is 1. The predicted molar refractivity (Wildman–Crippen MR) is 68.4 cm³/mol. The summed E-state index contributed by atoms with van der Waals surface area (Å²) in [5, 5.41) is 0. The Bertz CT molecular complexity index is 647. The largest absolute Gasteiger partial charge is 0.294 e. The number of hydrogen-bond acceptors (Lipinski definition) is 4. The van der Waals surface area contributed by atoms with Gasteiger partial charge in [-0.3, -0.25) is 9.78 Å². The van der Waals surface area contributed by atoms with Gasteiger partial charge in [0.15, 0.2) is 11.6 Å². The van der Waals surface area contributed by atoms with Crippen LogP contribution in [-0.4, -0.2) is 21.5 Å². The van der Waals surface area contributed by atoms with Gasteiger partial charge in [0.25, 0.3) is 0 Å². The Morgan fingerprint density at radius 3 is 2.67 bits per heavy atom. The molecule has 0 bridgehead atoms. The molecule has 0 unspecified atom stereocenters. The molecule has 0 radical (unpaired) electrons. The van der Waals surface area contributed by atoms with Crippen LogP contribution in [0.3, 0.4) is 0 Å². The van der Waals surface area contributed by atoms with Crippen LogP contribution in [0.15, 0.2) is 41.7 Å². The van der Waals surface area contributed by atoms with Crippen molar-refractivity contribution in [2.75, 3.05) is 0 Å². The monoisotopic (exact) mass is 237 g/mol. The first-order valence-corrected chi connectivity index (χ1v) is 5.73. The zero-order valence-electron chi connectivity index (χ0n) is 9.92. The molecule has 88 valence electrons. The van der Waals surface area contributed by atoms with Crippen LogP contribution in [0.4, 0.5) is 5.82 Å². The van der Waals surface area contributed by atoms with Crippen LogP contribution in [0.2, 0.25) is 0 Å². The minimum atomic E-state index is 0.0688. The number of aryl methyl sites for hydroxylation is 1. The Morgan fingerprint density at radius 1 is 1.11 bits per heavy atom. The molecule has 2 aromatic heterocycles. The second-order valence-corrected chi connectivity index (χ2v) is 4.22. The number of pyridine rings is 2. The summed E-state index contributed by atoms with van der Waals surface area (Å²) in [6, 6.07) is 7.34. The molecular weight excluding hydrogens is 226 g/mol. The van der Waals surface area contributed by atoms with Gasteiger partial charge in [0.05, 0.1) is 17.7 Å². The molecule has 4 nitrogen and oxygen atoms in total. The van der Waals surface area contributed by atoms with E-state index in [2.05, 4.69) is 15.0 Å². The summed E-state index contributed by atoms with van der Waals surface area (Å²) in [4.78, 5) is 24.8. The van der Waals surface area contributed by atoms with E-state index in [1.807, 2.05) is 25.1 Å². The molecule has 0 saturated carbocycles. The van der Waals surface area contributed by atoms with E-state index >= 15 is 0 Å². The average Bonchev–Trinajstić information content (AvgIpc) is 2.39. The van der Waals surface area contributed by atoms with Gasteiger partial charge in [-0.15, -0.1) is 0 Å². The molecule has 0 aromatic carbocycles. The predicted octanol–water partition coefficient (Wildman–Crippen LogP) is 2.49. The molecule has 2 aromatic rings. The number of hydrogen-bond donors (Lipinski definition) is 0. The number of carbonyl (C=O) groups excluding carboxylic acids is 1. The van der Waals surface area contributed by atoms with Gasteiger partial charge >= 0.3 is 0 Å². The molecule has 3 rings (SSSR count). The van der Waals surface area contributed by atoms with Crippen molar-refractivity contribution in [1.29, 1.82) is 0 Å². The van der Waals surface area contributed by atoms with E-state index in [0.717, 1.165) is 17.0 Å². The van der Waals surface area contributed by atoms with Crippen LogP contribution < -0.4 is 0 Å². The number of rotatable bonds is 1. The van der Waals surface area contributed by atoms with E-state index in [1.54, 1.807) is 18.5 Å². The minimum absolute atomic E-state index is 0.0688. The van der Waals surface area contributed by atoms with Crippen LogP contribution in [0, 0.1) is 6.92 Å². The molecule has 0 N–H and O–H groups in total. The van der Waals surface area contributed by atoms with Crippen LogP contribution >= 0.6 is 0 Å². The molecule has 0 amide bonds. The fourth-order valence-electron chi connectivity index (χ4n) is 1.97. The minimum Gasteiger partial charge on any atom is -0.294 e. The number of carbonyl (C=O) groups is 1. The van der Waals surface area contributed by atoms with Crippen molar-refractivity contribution >= 4 is 17.3 Å². The van der Waals surface area contributed by atoms with Gasteiger partial charge in [-0.25, -0.2) is 9.98 Å². The van der Waals surface area contributed by atoms with Crippen molar-refractivity contribution < 1.29 is 4.79 Å². The lowest BCUT2D eigenvalue weighted by Crippen LogP contribution is -2.15. The van der Waals surface area contributed by atoms with Crippen LogP contribution in [0.5, 0.6) is 0 Å². The van der Waals surface area contributed by atoms with Gasteiger partial charge < -0.3 is 0 Å². The average molecular weight is 237 g/mol. The highest BCUT2D eigenvalue weighted by atomic mass is 16.1. The highest BCUT2D eigenvalue weighted by Crippen LogP contribution is 2.25. The Kier molecular flexibility index (Phi) is 2.48. The Morgan fingerprint density at radius 2 is 1.89 bits per heavy atom. The Labute approximate surface area is 104 Å². The molecule has 4 heteroatoms. The van der Waals surface area contributed by atoms with Crippen molar-refractivity contribution in [2.24, 2.45) is 4.99 Å². The lowest BCUT2D eigenvalue weighted by atomic mass is 9.98. The summed E-state index contributed by atoms with van der Waals surface area (Å²) in [7, 11) is 0. The van der Waals surface area contributed by atoms with E-state index in [4.69, 9.17) is 0 Å². The van der Waals surface area contributed by atoms with Crippen LogP contribution in [0.1, 0.15) is 28.0 Å². The van der Waals surface area contributed by atoms with E-state index in [1.165, 1.54) is 0 Å². The molecule has 3 heterocycles. The molecular formula is C14H11N3O. The highest BCUT2D eigenvalue weighted by molar-refractivity contribution is 6.20. The van der Waals surface area contributed by atoms with Gasteiger partial charge in [0.2, 0.25) is 0 Å². The fraction of sp³-hybridized carbons (Fsp3) is 0.143. The second-order valence-electron chi connectivity index (χ2n) is 4.22. The summed E-state index contributed by atoms with van der Waals surface area (Å²) in [5.74, 6) is 0.595. The van der Waals surface area contributed by atoms with Gasteiger partial charge in [-0.05, 0) is 36.8 Å². The molecule has 0 fully saturated rings. The normalized spacial score (nSPS) is 14.1. The highest BCUT2D eigenvalue weighted by Gasteiger charge is 2.21. The lowest BCUT2D eigenvalue weighted by Gasteiger charge is -2.14. The van der Waals surface area contributed by atoms with Gasteiger partial charge in [0.1, 0.15) is 0 Å². The number of nitrogens with zero attached hydrogens (tertiary/aromatic N) is 3. The summed E-state index contributed by atoms with van der Waals surface area (Å²) >= 11 is 0. The number of aromatic nitrogens is 2. The SMILES string of the molecule is Cc1ccc2c(n1)N=C(c1ccncc1)CC2=O. The number of aliphatic imine (C=N–C) groups is 1. The standard InChI is InChI=1S/C14H11N3O/c1-9-2-3-11-13(18)8-12(17-14(11)16-9)10-4-6-15-7-5-10/h2-7H,8H2,1H3. The van der Waals surface area contributed by atoms with Crippen molar-refractivity contribution in [3.8, 4) is 0 Å².